The van der Waals surface area contributed by atoms with Crippen LogP contribution in [0.4, 0.5) is 11.4 Å². The number of benzene rings is 3. The molecule has 0 fully saturated rings. The number of primary amides is 1. The molecule has 0 saturated heterocycles. The SMILES string of the molecule is CN(C)Cc1ccc(NC(=C2C(=O)Nc3cc(C(=O)OCC(N)=O)ccc32)c2ccccc2)cc1. The van der Waals surface area contributed by atoms with E-state index in [1.807, 2.05) is 68.7 Å². The first-order valence-corrected chi connectivity index (χ1v) is 11.0. The molecule has 0 radical (unpaired) electrons. The highest BCUT2D eigenvalue weighted by atomic mass is 16.5. The van der Waals surface area contributed by atoms with Gasteiger partial charge in [-0.3, -0.25) is 9.59 Å². The lowest BCUT2D eigenvalue weighted by molar-refractivity contribution is -0.121. The number of anilines is 2. The molecule has 0 aromatic heterocycles. The van der Waals surface area contributed by atoms with Gasteiger partial charge in [-0.2, -0.15) is 0 Å². The van der Waals surface area contributed by atoms with Gasteiger partial charge in [0.05, 0.1) is 22.5 Å². The first-order chi connectivity index (χ1) is 16.8. The van der Waals surface area contributed by atoms with Crippen LogP contribution >= 0.6 is 0 Å². The van der Waals surface area contributed by atoms with Crippen molar-refractivity contribution in [2.45, 2.75) is 6.54 Å². The summed E-state index contributed by atoms with van der Waals surface area (Å²) >= 11 is 0. The van der Waals surface area contributed by atoms with E-state index in [4.69, 9.17) is 10.5 Å². The molecular formula is C27H26N4O4. The first-order valence-electron chi connectivity index (χ1n) is 11.0. The Morgan fingerprint density at radius 1 is 0.971 bits per heavy atom. The van der Waals surface area contributed by atoms with E-state index in [-0.39, 0.29) is 11.5 Å². The van der Waals surface area contributed by atoms with Crippen LogP contribution in [-0.2, 0) is 20.9 Å². The number of nitrogens with zero attached hydrogens (tertiary/aromatic N) is 1. The van der Waals surface area contributed by atoms with E-state index in [0.29, 0.717) is 22.5 Å². The van der Waals surface area contributed by atoms with Crippen LogP contribution in [0.5, 0.6) is 0 Å². The highest BCUT2D eigenvalue weighted by Crippen LogP contribution is 2.38. The first kappa shape index (κ1) is 23.7. The third kappa shape index (κ3) is 5.56. The lowest BCUT2D eigenvalue weighted by Crippen LogP contribution is -2.20. The van der Waals surface area contributed by atoms with Gasteiger partial charge in [-0.1, -0.05) is 48.5 Å². The summed E-state index contributed by atoms with van der Waals surface area (Å²) < 4.78 is 4.88. The summed E-state index contributed by atoms with van der Waals surface area (Å²) in [5.41, 5.74) is 10.3. The van der Waals surface area contributed by atoms with Gasteiger partial charge < -0.3 is 26.0 Å². The summed E-state index contributed by atoms with van der Waals surface area (Å²) in [5, 5.41) is 6.25. The van der Waals surface area contributed by atoms with Gasteiger partial charge in [0, 0.05) is 17.8 Å². The van der Waals surface area contributed by atoms with E-state index in [2.05, 4.69) is 15.5 Å². The van der Waals surface area contributed by atoms with Gasteiger partial charge in [-0.05, 0) is 49.5 Å². The van der Waals surface area contributed by atoms with Crippen LogP contribution in [0.25, 0.3) is 11.3 Å². The number of hydrogen-bond acceptors (Lipinski definition) is 6. The normalized spacial score (nSPS) is 13.7. The lowest BCUT2D eigenvalue weighted by atomic mass is 9.99. The highest BCUT2D eigenvalue weighted by Gasteiger charge is 2.29. The zero-order chi connectivity index (χ0) is 24.9. The Bertz CT molecular complexity index is 1300. The molecule has 4 rings (SSSR count). The molecule has 8 heteroatoms. The average Bonchev–Trinajstić information content (AvgIpc) is 3.17. The fraction of sp³-hybridized carbons (Fsp3) is 0.148. The molecule has 3 aromatic carbocycles. The number of hydrogen-bond donors (Lipinski definition) is 3. The maximum absolute atomic E-state index is 13.1. The van der Waals surface area contributed by atoms with Crippen LogP contribution in [0.1, 0.15) is 27.0 Å². The van der Waals surface area contributed by atoms with Gasteiger partial charge in [0.1, 0.15) is 0 Å². The number of esters is 1. The van der Waals surface area contributed by atoms with E-state index in [0.717, 1.165) is 17.8 Å². The summed E-state index contributed by atoms with van der Waals surface area (Å²) in [7, 11) is 4.03. The van der Waals surface area contributed by atoms with Crippen molar-refractivity contribution in [2.24, 2.45) is 5.73 Å². The maximum Gasteiger partial charge on any atom is 0.338 e. The summed E-state index contributed by atoms with van der Waals surface area (Å²) in [5.74, 6) is -1.73. The van der Waals surface area contributed by atoms with Gasteiger partial charge in [0.25, 0.3) is 11.8 Å². The smallest absolute Gasteiger partial charge is 0.338 e. The number of nitrogens with two attached hydrogens (primary N) is 1. The minimum absolute atomic E-state index is 0.206. The Morgan fingerprint density at radius 2 is 1.69 bits per heavy atom. The van der Waals surface area contributed by atoms with Crippen LogP contribution in [0.3, 0.4) is 0 Å². The number of rotatable bonds is 8. The van der Waals surface area contributed by atoms with E-state index >= 15 is 0 Å². The molecule has 1 heterocycles. The highest BCUT2D eigenvalue weighted by molar-refractivity contribution is 6.37. The van der Waals surface area contributed by atoms with Crippen molar-refractivity contribution in [3.63, 3.8) is 0 Å². The zero-order valence-corrected chi connectivity index (χ0v) is 19.5. The van der Waals surface area contributed by atoms with E-state index in [1.54, 1.807) is 12.1 Å². The standard InChI is InChI=1S/C27H26N4O4/c1-31(2)15-17-8-11-20(12-9-17)29-25(18-6-4-3-5-7-18)24-21-13-10-19(14-22(21)30-26(24)33)27(34)35-16-23(28)32/h3-14,29H,15-16H2,1-2H3,(H2,28,32)(H,30,33). The Labute approximate surface area is 203 Å². The number of amides is 2. The zero-order valence-electron chi connectivity index (χ0n) is 19.5. The van der Waals surface area contributed by atoms with Crippen molar-refractivity contribution >= 4 is 40.4 Å². The molecule has 0 atom stereocenters. The Kier molecular flexibility index (Phi) is 6.93. The summed E-state index contributed by atoms with van der Waals surface area (Å²) in [6.45, 7) is 0.315. The molecule has 0 saturated carbocycles. The monoisotopic (exact) mass is 470 g/mol. The third-order valence-corrected chi connectivity index (χ3v) is 5.38. The predicted molar refractivity (Wildman–Crippen MR) is 135 cm³/mol. The number of nitrogens with one attached hydrogen (secondary N) is 2. The molecular weight excluding hydrogens is 444 g/mol. The molecule has 35 heavy (non-hydrogen) atoms. The van der Waals surface area contributed by atoms with Crippen LogP contribution < -0.4 is 16.4 Å². The minimum atomic E-state index is -0.744. The Hall–Kier alpha value is -4.43. The van der Waals surface area contributed by atoms with Crippen LogP contribution in [0.15, 0.2) is 72.8 Å². The van der Waals surface area contributed by atoms with E-state index < -0.39 is 18.5 Å². The van der Waals surface area contributed by atoms with Gasteiger partial charge in [0.2, 0.25) is 0 Å². The summed E-state index contributed by atoms with van der Waals surface area (Å²) in [6.07, 6.45) is 0. The van der Waals surface area contributed by atoms with Crippen LogP contribution in [-0.4, -0.2) is 43.4 Å². The fourth-order valence-electron chi connectivity index (χ4n) is 3.85. The molecule has 0 unspecified atom stereocenters. The van der Waals surface area contributed by atoms with Gasteiger partial charge in [0.15, 0.2) is 6.61 Å². The molecule has 1 aliphatic rings. The molecule has 2 amide bonds. The molecule has 0 aliphatic carbocycles. The molecule has 1 aliphatic heterocycles. The average molecular weight is 471 g/mol. The van der Waals surface area contributed by atoms with Gasteiger partial charge in [-0.25, -0.2) is 4.79 Å². The summed E-state index contributed by atoms with van der Waals surface area (Å²) in [4.78, 5) is 38.3. The Morgan fingerprint density at radius 3 is 2.34 bits per heavy atom. The second-order valence-electron chi connectivity index (χ2n) is 8.43. The van der Waals surface area contributed by atoms with E-state index in [9.17, 15) is 14.4 Å². The number of fused-ring (bicyclic) bond motifs is 1. The van der Waals surface area contributed by atoms with Crippen molar-refractivity contribution in [1.29, 1.82) is 0 Å². The largest absolute Gasteiger partial charge is 0.452 e. The summed E-state index contributed by atoms with van der Waals surface area (Å²) in [6, 6.07) is 22.4. The fourth-order valence-corrected chi connectivity index (χ4v) is 3.85. The lowest BCUT2D eigenvalue weighted by Gasteiger charge is -2.16. The minimum Gasteiger partial charge on any atom is -0.452 e. The molecule has 4 N–H and O–H groups in total. The molecule has 8 nitrogen and oxygen atoms in total. The van der Waals surface area contributed by atoms with Crippen LogP contribution in [0.2, 0.25) is 0 Å². The number of carbonyl (C=O) groups excluding carboxylic acids is 3. The van der Waals surface area contributed by atoms with Crippen molar-refractivity contribution in [3.05, 3.63) is 95.1 Å². The molecule has 0 spiro atoms. The predicted octanol–water partition coefficient (Wildman–Crippen LogP) is 3.32. The second-order valence-corrected chi connectivity index (χ2v) is 8.43. The van der Waals surface area contributed by atoms with Crippen molar-refractivity contribution in [2.75, 3.05) is 31.3 Å². The van der Waals surface area contributed by atoms with E-state index in [1.165, 1.54) is 11.6 Å². The number of carbonyl (C=O) groups is 3. The maximum atomic E-state index is 13.1. The molecule has 178 valence electrons. The molecule has 0 bridgehead atoms. The van der Waals surface area contributed by atoms with Gasteiger partial charge >= 0.3 is 5.97 Å². The van der Waals surface area contributed by atoms with Crippen molar-refractivity contribution in [3.8, 4) is 0 Å². The van der Waals surface area contributed by atoms with Crippen molar-refractivity contribution in [1.82, 2.24) is 4.90 Å². The molecule has 3 aromatic rings. The third-order valence-electron chi connectivity index (χ3n) is 5.38. The number of ether oxygens (including phenoxy) is 1. The Balaban J connectivity index is 1.72. The van der Waals surface area contributed by atoms with Crippen LogP contribution in [0, 0.1) is 0 Å². The quantitative estimate of drug-likeness (QED) is 0.344. The second kappa shape index (κ2) is 10.2. The topological polar surface area (TPSA) is 114 Å². The van der Waals surface area contributed by atoms with Gasteiger partial charge in [-0.15, -0.1) is 0 Å². The van der Waals surface area contributed by atoms with Crippen molar-refractivity contribution < 1.29 is 19.1 Å².